The summed E-state index contributed by atoms with van der Waals surface area (Å²) in [6.07, 6.45) is 2.33. The van der Waals surface area contributed by atoms with Crippen LogP contribution in [0, 0.1) is 0 Å². The SMILES string of the molecule is Clc1ccc2nc(C3CCCNC3)oc2c1. The van der Waals surface area contributed by atoms with E-state index in [4.69, 9.17) is 16.0 Å². The number of hydrogen-bond acceptors (Lipinski definition) is 3. The smallest absolute Gasteiger partial charge is 0.199 e. The predicted octanol–water partition coefficient (Wildman–Crippen LogP) is 2.95. The number of piperidine rings is 1. The van der Waals surface area contributed by atoms with Crippen molar-refractivity contribution in [3.63, 3.8) is 0 Å². The van der Waals surface area contributed by atoms with Crippen LogP contribution in [0.5, 0.6) is 0 Å². The van der Waals surface area contributed by atoms with Crippen LogP contribution < -0.4 is 5.32 Å². The van der Waals surface area contributed by atoms with Crippen LogP contribution in [-0.4, -0.2) is 18.1 Å². The maximum absolute atomic E-state index is 5.91. The van der Waals surface area contributed by atoms with Gasteiger partial charge in [0.15, 0.2) is 11.5 Å². The van der Waals surface area contributed by atoms with Crippen LogP contribution in [0.4, 0.5) is 0 Å². The van der Waals surface area contributed by atoms with Crippen LogP contribution in [0.2, 0.25) is 5.02 Å². The lowest BCUT2D eigenvalue weighted by molar-refractivity contribution is 0.387. The summed E-state index contributed by atoms with van der Waals surface area (Å²) < 4.78 is 5.75. The van der Waals surface area contributed by atoms with Crippen LogP contribution in [0.3, 0.4) is 0 Å². The highest BCUT2D eigenvalue weighted by Gasteiger charge is 2.20. The lowest BCUT2D eigenvalue weighted by atomic mass is 10.00. The van der Waals surface area contributed by atoms with E-state index < -0.39 is 0 Å². The van der Waals surface area contributed by atoms with Crippen molar-refractivity contribution >= 4 is 22.7 Å². The Hall–Kier alpha value is -1.06. The number of halogens is 1. The molecular weight excluding hydrogens is 224 g/mol. The molecule has 1 aliphatic rings. The summed E-state index contributed by atoms with van der Waals surface area (Å²) in [5.74, 6) is 1.24. The first-order chi connectivity index (χ1) is 7.83. The lowest BCUT2D eigenvalue weighted by Gasteiger charge is -2.19. The molecule has 2 aromatic rings. The van der Waals surface area contributed by atoms with E-state index >= 15 is 0 Å². The summed E-state index contributed by atoms with van der Waals surface area (Å²) in [4.78, 5) is 4.51. The van der Waals surface area contributed by atoms with E-state index in [9.17, 15) is 0 Å². The molecule has 0 bridgehead atoms. The molecule has 0 saturated carbocycles. The van der Waals surface area contributed by atoms with Gasteiger partial charge >= 0.3 is 0 Å². The van der Waals surface area contributed by atoms with Crippen LogP contribution in [0.25, 0.3) is 11.1 Å². The van der Waals surface area contributed by atoms with E-state index in [2.05, 4.69) is 10.3 Å². The molecule has 1 saturated heterocycles. The van der Waals surface area contributed by atoms with E-state index in [1.807, 2.05) is 18.2 Å². The number of fused-ring (bicyclic) bond motifs is 1. The summed E-state index contributed by atoms with van der Waals surface area (Å²) in [6.45, 7) is 2.06. The standard InChI is InChI=1S/C12H13ClN2O/c13-9-3-4-10-11(6-9)16-12(15-10)8-2-1-5-14-7-8/h3-4,6,8,14H,1-2,5,7H2. The van der Waals surface area contributed by atoms with E-state index in [1.54, 1.807) is 0 Å². The minimum atomic E-state index is 0.403. The van der Waals surface area contributed by atoms with Crippen molar-refractivity contribution in [1.82, 2.24) is 10.3 Å². The number of hydrogen-bond donors (Lipinski definition) is 1. The molecule has 16 heavy (non-hydrogen) atoms. The lowest BCUT2D eigenvalue weighted by Crippen LogP contribution is -2.28. The maximum Gasteiger partial charge on any atom is 0.199 e. The zero-order chi connectivity index (χ0) is 11.0. The van der Waals surface area contributed by atoms with Gasteiger partial charge in [0.25, 0.3) is 0 Å². The van der Waals surface area contributed by atoms with Crippen LogP contribution in [0.15, 0.2) is 22.6 Å². The van der Waals surface area contributed by atoms with Crippen molar-refractivity contribution in [2.45, 2.75) is 18.8 Å². The van der Waals surface area contributed by atoms with Gasteiger partial charge in [0.05, 0.1) is 0 Å². The molecule has 1 N–H and O–H groups in total. The third-order valence-corrected chi connectivity index (χ3v) is 3.25. The van der Waals surface area contributed by atoms with Crippen LogP contribution in [0.1, 0.15) is 24.7 Å². The summed E-state index contributed by atoms with van der Waals surface area (Å²) in [5.41, 5.74) is 1.68. The molecule has 1 aromatic carbocycles. The monoisotopic (exact) mass is 236 g/mol. The van der Waals surface area contributed by atoms with Gasteiger partial charge in [0, 0.05) is 23.6 Å². The summed E-state index contributed by atoms with van der Waals surface area (Å²) >= 11 is 5.91. The molecule has 4 heteroatoms. The molecule has 0 aliphatic carbocycles. The third-order valence-electron chi connectivity index (χ3n) is 3.01. The molecular formula is C12H13ClN2O. The molecule has 1 aliphatic heterocycles. The van der Waals surface area contributed by atoms with Crippen molar-refractivity contribution in [3.05, 3.63) is 29.1 Å². The molecule has 1 aromatic heterocycles. The highest BCUT2D eigenvalue weighted by atomic mass is 35.5. The van der Waals surface area contributed by atoms with Gasteiger partial charge in [0.2, 0.25) is 0 Å². The number of oxazole rings is 1. The van der Waals surface area contributed by atoms with Gasteiger partial charge in [-0.1, -0.05) is 11.6 Å². The van der Waals surface area contributed by atoms with Gasteiger partial charge in [-0.3, -0.25) is 0 Å². The molecule has 2 heterocycles. The molecule has 1 fully saturated rings. The molecule has 1 unspecified atom stereocenters. The normalized spacial score (nSPS) is 21.4. The first kappa shape index (κ1) is 10.1. The van der Waals surface area contributed by atoms with Gasteiger partial charge in [0.1, 0.15) is 5.52 Å². The molecule has 0 spiro atoms. The van der Waals surface area contributed by atoms with E-state index in [-0.39, 0.29) is 0 Å². The Morgan fingerprint density at radius 3 is 3.19 bits per heavy atom. The third kappa shape index (κ3) is 1.81. The fourth-order valence-electron chi connectivity index (χ4n) is 2.15. The minimum Gasteiger partial charge on any atom is -0.440 e. The second-order valence-electron chi connectivity index (χ2n) is 4.21. The molecule has 0 amide bonds. The van der Waals surface area contributed by atoms with Gasteiger partial charge in [-0.05, 0) is 31.5 Å². The number of aromatic nitrogens is 1. The Kier molecular flexibility index (Phi) is 2.58. The Labute approximate surface area is 98.8 Å². The van der Waals surface area contributed by atoms with E-state index in [0.717, 1.165) is 36.5 Å². The van der Waals surface area contributed by atoms with Gasteiger partial charge in [-0.25, -0.2) is 4.98 Å². The van der Waals surface area contributed by atoms with Crippen molar-refractivity contribution < 1.29 is 4.42 Å². The second-order valence-corrected chi connectivity index (χ2v) is 4.64. The quantitative estimate of drug-likeness (QED) is 0.827. The van der Waals surface area contributed by atoms with E-state index in [1.165, 1.54) is 6.42 Å². The summed E-state index contributed by atoms with van der Waals surface area (Å²) in [5, 5.41) is 4.05. The van der Waals surface area contributed by atoms with Crippen LogP contribution in [-0.2, 0) is 0 Å². The predicted molar refractivity (Wildman–Crippen MR) is 63.9 cm³/mol. The largest absolute Gasteiger partial charge is 0.440 e. The zero-order valence-electron chi connectivity index (χ0n) is 8.87. The molecule has 3 rings (SSSR count). The number of benzene rings is 1. The highest BCUT2D eigenvalue weighted by molar-refractivity contribution is 6.31. The fourth-order valence-corrected chi connectivity index (χ4v) is 2.32. The number of nitrogens with zero attached hydrogens (tertiary/aromatic N) is 1. The van der Waals surface area contributed by atoms with Crippen molar-refractivity contribution in [2.75, 3.05) is 13.1 Å². The van der Waals surface area contributed by atoms with Crippen LogP contribution >= 0.6 is 11.6 Å². The van der Waals surface area contributed by atoms with Crippen molar-refractivity contribution in [1.29, 1.82) is 0 Å². The Balaban J connectivity index is 1.97. The van der Waals surface area contributed by atoms with E-state index in [0.29, 0.717) is 10.9 Å². The Morgan fingerprint density at radius 2 is 2.38 bits per heavy atom. The van der Waals surface area contributed by atoms with Gasteiger partial charge < -0.3 is 9.73 Å². The Bertz CT molecular complexity index is 503. The average Bonchev–Trinajstić information content (AvgIpc) is 2.73. The topological polar surface area (TPSA) is 38.1 Å². The maximum atomic E-state index is 5.91. The average molecular weight is 237 g/mol. The molecule has 3 nitrogen and oxygen atoms in total. The van der Waals surface area contributed by atoms with Gasteiger partial charge in [-0.2, -0.15) is 0 Å². The second kappa shape index (κ2) is 4.07. The highest BCUT2D eigenvalue weighted by Crippen LogP contribution is 2.27. The summed E-state index contributed by atoms with van der Waals surface area (Å²) in [7, 11) is 0. The van der Waals surface area contributed by atoms with Gasteiger partial charge in [-0.15, -0.1) is 0 Å². The molecule has 84 valence electrons. The minimum absolute atomic E-state index is 0.403. The first-order valence-corrected chi connectivity index (χ1v) is 5.97. The Morgan fingerprint density at radius 1 is 1.44 bits per heavy atom. The van der Waals surface area contributed by atoms with Crippen molar-refractivity contribution in [2.24, 2.45) is 0 Å². The fraction of sp³-hybridized carbons (Fsp3) is 0.417. The first-order valence-electron chi connectivity index (χ1n) is 5.59. The number of rotatable bonds is 1. The molecule has 1 atom stereocenters. The van der Waals surface area contributed by atoms with Crippen molar-refractivity contribution in [3.8, 4) is 0 Å². The zero-order valence-corrected chi connectivity index (χ0v) is 9.63. The number of nitrogens with one attached hydrogen (secondary N) is 1. The molecule has 0 radical (unpaired) electrons. The summed E-state index contributed by atoms with van der Waals surface area (Å²) in [6, 6.07) is 5.57.